The third-order valence-electron chi connectivity index (χ3n) is 4.64. The summed E-state index contributed by atoms with van der Waals surface area (Å²) in [6.07, 6.45) is 0.909. The number of hydrogen-bond acceptors (Lipinski definition) is 3. The molecule has 2 amide bonds. The molecule has 0 bridgehead atoms. The van der Waals surface area contributed by atoms with Crippen molar-refractivity contribution in [2.75, 3.05) is 12.3 Å². The molecule has 0 aromatic heterocycles. The molecule has 0 spiro atoms. The number of carbonyl (C=O) groups is 2. The highest BCUT2D eigenvalue weighted by Gasteiger charge is 2.28. The zero-order chi connectivity index (χ0) is 21.2. The van der Waals surface area contributed by atoms with Gasteiger partial charge >= 0.3 is 0 Å². The number of nitrogens with zero attached hydrogens (tertiary/aromatic N) is 1. The monoisotopic (exact) mass is 432 g/mol. The molecule has 1 atom stereocenters. The fourth-order valence-corrected chi connectivity index (χ4v) is 4.09. The van der Waals surface area contributed by atoms with E-state index in [0.29, 0.717) is 36.7 Å². The summed E-state index contributed by atoms with van der Waals surface area (Å²) in [7, 11) is 0. The molecule has 0 saturated heterocycles. The van der Waals surface area contributed by atoms with E-state index in [0.717, 1.165) is 10.5 Å². The SMILES string of the molecule is CCNC(=O)C(CC)N(Cc1ccccc1Cl)C(=O)CCSc1ccc(C)cc1. The van der Waals surface area contributed by atoms with Crippen molar-refractivity contribution >= 4 is 35.2 Å². The number of thioether (sulfide) groups is 1. The molecule has 0 saturated carbocycles. The maximum atomic E-state index is 13.1. The van der Waals surface area contributed by atoms with E-state index in [4.69, 9.17) is 11.6 Å². The second-order valence-electron chi connectivity index (χ2n) is 6.84. The Hall–Kier alpha value is -1.98. The van der Waals surface area contributed by atoms with Crippen LogP contribution in [0.25, 0.3) is 0 Å². The summed E-state index contributed by atoms with van der Waals surface area (Å²) in [6.45, 7) is 6.71. The fraction of sp³-hybridized carbons (Fsp3) is 0.391. The molecule has 0 radical (unpaired) electrons. The van der Waals surface area contributed by atoms with Gasteiger partial charge in [-0.1, -0.05) is 54.4 Å². The van der Waals surface area contributed by atoms with Crippen LogP contribution in [0.4, 0.5) is 0 Å². The maximum absolute atomic E-state index is 13.1. The van der Waals surface area contributed by atoms with Crippen molar-refractivity contribution in [2.24, 2.45) is 0 Å². The molecule has 2 rings (SSSR count). The van der Waals surface area contributed by atoms with Crippen LogP contribution in [0, 0.1) is 6.92 Å². The summed E-state index contributed by atoms with van der Waals surface area (Å²) in [5.41, 5.74) is 2.06. The lowest BCUT2D eigenvalue weighted by atomic mass is 10.1. The van der Waals surface area contributed by atoms with Gasteiger partial charge in [-0.05, 0) is 44.0 Å². The Morgan fingerprint density at radius 1 is 1.10 bits per heavy atom. The second-order valence-corrected chi connectivity index (χ2v) is 8.42. The molecular formula is C23H29ClN2O2S. The average molecular weight is 433 g/mol. The van der Waals surface area contributed by atoms with Crippen molar-refractivity contribution in [3.8, 4) is 0 Å². The Bertz CT molecular complexity index is 811. The lowest BCUT2D eigenvalue weighted by molar-refractivity contribution is -0.141. The molecule has 0 aliphatic rings. The highest BCUT2D eigenvalue weighted by molar-refractivity contribution is 7.99. The normalized spacial score (nSPS) is 11.7. The number of likely N-dealkylation sites (N-methyl/N-ethyl adjacent to an activating group) is 1. The topological polar surface area (TPSA) is 49.4 Å². The summed E-state index contributed by atoms with van der Waals surface area (Å²) in [5, 5.41) is 3.45. The summed E-state index contributed by atoms with van der Waals surface area (Å²) in [5.74, 6) is 0.497. The molecule has 1 N–H and O–H groups in total. The van der Waals surface area contributed by atoms with Gasteiger partial charge in [-0.15, -0.1) is 11.8 Å². The number of benzene rings is 2. The lowest BCUT2D eigenvalue weighted by Gasteiger charge is -2.31. The first-order valence-electron chi connectivity index (χ1n) is 9.96. The van der Waals surface area contributed by atoms with E-state index < -0.39 is 6.04 Å². The van der Waals surface area contributed by atoms with Crippen molar-refractivity contribution in [3.63, 3.8) is 0 Å². The Morgan fingerprint density at radius 2 is 1.79 bits per heavy atom. The van der Waals surface area contributed by atoms with Crippen LogP contribution in [-0.2, 0) is 16.1 Å². The Kier molecular flexibility index (Phi) is 9.55. The lowest BCUT2D eigenvalue weighted by Crippen LogP contribution is -2.49. The van der Waals surface area contributed by atoms with E-state index in [9.17, 15) is 9.59 Å². The number of amides is 2. The number of rotatable bonds is 10. The summed E-state index contributed by atoms with van der Waals surface area (Å²) in [4.78, 5) is 28.5. The van der Waals surface area contributed by atoms with E-state index in [1.54, 1.807) is 22.7 Å². The van der Waals surface area contributed by atoms with E-state index in [2.05, 4.69) is 36.5 Å². The van der Waals surface area contributed by atoms with Crippen molar-refractivity contribution in [1.82, 2.24) is 10.2 Å². The van der Waals surface area contributed by atoms with Gasteiger partial charge in [-0.2, -0.15) is 0 Å². The third-order valence-corrected chi connectivity index (χ3v) is 6.02. The van der Waals surface area contributed by atoms with Gasteiger partial charge < -0.3 is 10.2 Å². The van der Waals surface area contributed by atoms with E-state index in [-0.39, 0.29) is 11.8 Å². The van der Waals surface area contributed by atoms with Crippen LogP contribution >= 0.6 is 23.4 Å². The van der Waals surface area contributed by atoms with Gasteiger partial charge in [-0.3, -0.25) is 9.59 Å². The van der Waals surface area contributed by atoms with Crippen LogP contribution in [0.1, 0.15) is 37.8 Å². The molecule has 0 heterocycles. The zero-order valence-corrected chi connectivity index (χ0v) is 18.9. The van der Waals surface area contributed by atoms with Crippen LogP contribution in [0.15, 0.2) is 53.4 Å². The highest BCUT2D eigenvalue weighted by Crippen LogP contribution is 2.23. The Labute approximate surface area is 183 Å². The second kappa shape index (κ2) is 11.9. The van der Waals surface area contributed by atoms with Crippen LogP contribution < -0.4 is 5.32 Å². The summed E-state index contributed by atoms with van der Waals surface area (Å²) in [6, 6.07) is 15.2. The molecule has 0 aliphatic carbocycles. The van der Waals surface area contributed by atoms with E-state index >= 15 is 0 Å². The van der Waals surface area contributed by atoms with E-state index in [1.165, 1.54) is 5.56 Å². The third kappa shape index (κ3) is 7.09. The molecule has 6 heteroatoms. The van der Waals surface area contributed by atoms with Gasteiger partial charge in [0, 0.05) is 35.2 Å². The molecule has 2 aromatic carbocycles. The number of carbonyl (C=O) groups excluding carboxylic acids is 2. The van der Waals surface area contributed by atoms with Crippen LogP contribution in [0.5, 0.6) is 0 Å². The molecule has 0 fully saturated rings. The van der Waals surface area contributed by atoms with Crippen molar-refractivity contribution in [2.45, 2.75) is 51.1 Å². The predicted octanol–water partition coefficient (Wildman–Crippen LogP) is 5.07. The van der Waals surface area contributed by atoms with Crippen LogP contribution in [0.3, 0.4) is 0 Å². The molecule has 4 nitrogen and oxygen atoms in total. The Morgan fingerprint density at radius 3 is 2.41 bits per heavy atom. The van der Waals surface area contributed by atoms with Gasteiger partial charge in [0.1, 0.15) is 6.04 Å². The van der Waals surface area contributed by atoms with Crippen molar-refractivity contribution in [3.05, 3.63) is 64.7 Å². The Balaban J connectivity index is 2.11. The summed E-state index contributed by atoms with van der Waals surface area (Å²) >= 11 is 7.96. The largest absolute Gasteiger partial charge is 0.355 e. The minimum atomic E-state index is -0.511. The number of nitrogens with one attached hydrogen (secondary N) is 1. The highest BCUT2D eigenvalue weighted by atomic mass is 35.5. The molecule has 156 valence electrons. The molecule has 2 aromatic rings. The maximum Gasteiger partial charge on any atom is 0.242 e. The smallest absolute Gasteiger partial charge is 0.242 e. The zero-order valence-electron chi connectivity index (χ0n) is 17.3. The van der Waals surface area contributed by atoms with Crippen LogP contribution in [0.2, 0.25) is 5.02 Å². The number of halogens is 1. The average Bonchev–Trinajstić information content (AvgIpc) is 2.71. The van der Waals surface area contributed by atoms with Crippen LogP contribution in [-0.4, -0.2) is 35.1 Å². The van der Waals surface area contributed by atoms with Gasteiger partial charge in [0.15, 0.2) is 0 Å². The fourth-order valence-electron chi connectivity index (χ4n) is 3.06. The van der Waals surface area contributed by atoms with Crippen molar-refractivity contribution in [1.29, 1.82) is 0 Å². The van der Waals surface area contributed by atoms with Gasteiger partial charge in [0.05, 0.1) is 0 Å². The van der Waals surface area contributed by atoms with Gasteiger partial charge in [0.25, 0.3) is 0 Å². The molecule has 0 aliphatic heterocycles. The standard InChI is InChI=1S/C23H29ClN2O2S/c1-4-21(23(28)25-5-2)26(16-18-8-6-7-9-20(18)24)22(27)14-15-29-19-12-10-17(3)11-13-19/h6-13,21H,4-5,14-16H2,1-3H3,(H,25,28). The van der Waals surface area contributed by atoms with Gasteiger partial charge in [0.2, 0.25) is 11.8 Å². The predicted molar refractivity (Wildman–Crippen MR) is 121 cm³/mol. The first-order chi connectivity index (χ1) is 14.0. The summed E-state index contributed by atoms with van der Waals surface area (Å²) < 4.78 is 0. The number of hydrogen-bond donors (Lipinski definition) is 1. The minimum absolute atomic E-state index is 0.0392. The van der Waals surface area contributed by atoms with Gasteiger partial charge in [-0.25, -0.2) is 0 Å². The van der Waals surface area contributed by atoms with E-state index in [1.807, 2.05) is 32.0 Å². The van der Waals surface area contributed by atoms with Crippen molar-refractivity contribution < 1.29 is 9.59 Å². The molecule has 29 heavy (non-hydrogen) atoms. The quantitative estimate of drug-likeness (QED) is 0.533. The first kappa shape index (κ1) is 23.3. The molecular weight excluding hydrogens is 404 g/mol. The minimum Gasteiger partial charge on any atom is -0.355 e. The number of aryl methyl sites for hydroxylation is 1. The first-order valence-corrected chi connectivity index (χ1v) is 11.3. The molecule has 1 unspecified atom stereocenters.